The van der Waals surface area contributed by atoms with Gasteiger partial charge >= 0.3 is 0 Å². The maximum Gasteiger partial charge on any atom is 0.174 e. The van der Waals surface area contributed by atoms with Crippen LogP contribution in [0.15, 0.2) is 0 Å². The second-order valence-corrected chi connectivity index (χ2v) is 3.82. The highest BCUT2D eigenvalue weighted by molar-refractivity contribution is 4.73. The largest absolute Gasteiger partial charge is 0.353 e. The lowest BCUT2D eigenvalue weighted by molar-refractivity contribution is -0.164. The van der Waals surface area contributed by atoms with Crippen LogP contribution in [0.4, 0.5) is 0 Å². The Balaban J connectivity index is 1.66. The lowest BCUT2D eigenvalue weighted by Gasteiger charge is -2.22. The summed E-state index contributed by atoms with van der Waals surface area (Å²) in [6.45, 7) is 4.02. The molecule has 2 heterocycles. The van der Waals surface area contributed by atoms with E-state index in [1.165, 1.54) is 6.42 Å². The van der Waals surface area contributed by atoms with Gasteiger partial charge in [0.25, 0.3) is 0 Å². The van der Waals surface area contributed by atoms with Crippen LogP contribution in [0.2, 0.25) is 0 Å². The van der Waals surface area contributed by atoms with Crippen LogP contribution in [-0.2, 0) is 22.4 Å². The van der Waals surface area contributed by atoms with Crippen molar-refractivity contribution in [2.24, 2.45) is 0 Å². The number of hydrogen-bond donors (Lipinski definition) is 0. The summed E-state index contributed by atoms with van der Waals surface area (Å²) in [6, 6.07) is 0. The highest BCUT2D eigenvalue weighted by Crippen LogP contribution is 2.13. The molecule has 1 saturated heterocycles. The lowest BCUT2D eigenvalue weighted by atomic mass is 10.2. The van der Waals surface area contributed by atoms with E-state index in [4.69, 9.17) is 9.47 Å². The van der Waals surface area contributed by atoms with Crippen molar-refractivity contribution in [3.8, 4) is 0 Å². The fourth-order valence-corrected chi connectivity index (χ4v) is 1.62. The molecule has 1 fully saturated rings. The fourth-order valence-electron chi connectivity index (χ4n) is 1.62. The Morgan fingerprint density at radius 1 is 1.50 bits per heavy atom. The highest BCUT2D eigenvalue weighted by atomic mass is 16.7. The molecule has 1 atom stereocenters. The quantitative estimate of drug-likeness (QED) is 0.742. The summed E-state index contributed by atoms with van der Waals surface area (Å²) in [5.74, 6) is 0.772. The molecule has 6 nitrogen and oxygen atoms in total. The third-order valence-electron chi connectivity index (χ3n) is 2.54. The Bertz CT molecular complexity index is 310. The van der Waals surface area contributed by atoms with E-state index in [1.807, 2.05) is 6.92 Å². The van der Waals surface area contributed by atoms with Gasteiger partial charge in [0.2, 0.25) is 0 Å². The van der Waals surface area contributed by atoms with Crippen LogP contribution >= 0.6 is 0 Å². The van der Waals surface area contributed by atoms with Gasteiger partial charge in [-0.15, -0.1) is 10.2 Å². The van der Waals surface area contributed by atoms with Gasteiger partial charge in [0.05, 0.1) is 13.2 Å². The standard InChI is InChI=1S/C10H18N4O2/c1-2-9-11-13-14(12-9)6-8-16-10-5-3-4-7-15-10/h10H,2-8H2,1H3. The minimum atomic E-state index is -0.0390. The second kappa shape index (κ2) is 5.91. The molecule has 90 valence electrons. The first kappa shape index (κ1) is 11.5. The maximum atomic E-state index is 5.58. The van der Waals surface area contributed by atoms with Crippen molar-refractivity contribution in [1.29, 1.82) is 0 Å². The first-order chi connectivity index (χ1) is 7.88. The van der Waals surface area contributed by atoms with E-state index in [2.05, 4.69) is 15.4 Å². The number of rotatable bonds is 5. The van der Waals surface area contributed by atoms with Gasteiger partial charge in [-0.2, -0.15) is 4.80 Å². The SMILES string of the molecule is CCc1nnn(CCOC2CCCCO2)n1. The Morgan fingerprint density at radius 2 is 2.44 bits per heavy atom. The Kier molecular flexibility index (Phi) is 4.24. The van der Waals surface area contributed by atoms with E-state index in [0.717, 1.165) is 31.7 Å². The van der Waals surface area contributed by atoms with Gasteiger partial charge in [0, 0.05) is 13.0 Å². The van der Waals surface area contributed by atoms with Crippen molar-refractivity contribution in [1.82, 2.24) is 20.2 Å². The zero-order chi connectivity index (χ0) is 11.2. The third-order valence-corrected chi connectivity index (χ3v) is 2.54. The average Bonchev–Trinajstić information content (AvgIpc) is 2.78. The molecule has 1 aliphatic heterocycles. The van der Waals surface area contributed by atoms with Crippen molar-refractivity contribution in [2.45, 2.75) is 45.4 Å². The van der Waals surface area contributed by atoms with Gasteiger partial charge in [0.15, 0.2) is 12.1 Å². The predicted octanol–water partition coefficient (Wildman–Crippen LogP) is 0.779. The molecule has 0 aliphatic carbocycles. The molecule has 0 aromatic carbocycles. The van der Waals surface area contributed by atoms with Gasteiger partial charge < -0.3 is 9.47 Å². The summed E-state index contributed by atoms with van der Waals surface area (Å²) in [4.78, 5) is 1.57. The Morgan fingerprint density at radius 3 is 3.12 bits per heavy atom. The smallest absolute Gasteiger partial charge is 0.174 e. The first-order valence-corrected chi connectivity index (χ1v) is 5.88. The van der Waals surface area contributed by atoms with Crippen molar-refractivity contribution >= 4 is 0 Å². The fraction of sp³-hybridized carbons (Fsp3) is 0.900. The summed E-state index contributed by atoms with van der Waals surface area (Å²) in [6.07, 6.45) is 4.09. The van der Waals surface area contributed by atoms with E-state index in [0.29, 0.717) is 13.2 Å². The summed E-state index contributed by atoms with van der Waals surface area (Å²) in [5.41, 5.74) is 0. The molecular formula is C10H18N4O2. The molecule has 1 aromatic heterocycles. The lowest BCUT2D eigenvalue weighted by Crippen LogP contribution is -2.24. The number of aromatic nitrogens is 4. The second-order valence-electron chi connectivity index (χ2n) is 3.82. The predicted molar refractivity (Wildman–Crippen MR) is 56.7 cm³/mol. The molecule has 1 aliphatic rings. The minimum Gasteiger partial charge on any atom is -0.353 e. The number of nitrogens with zero attached hydrogens (tertiary/aromatic N) is 4. The number of aryl methyl sites for hydroxylation is 1. The normalized spacial score (nSPS) is 21.2. The molecular weight excluding hydrogens is 208 g/mol. The van der Waals surface area contributed by atoms with E-state index in [-0.39, 0.29) is 6.29 Å². The van der Waals surface area contributed by atoms with Crippen molar-refractivity contribution < 1.29 is 9.47 Å². The number of hydrogen-bond acceptors (Lipinski definition) is 5. The summed E-state index contributed by atoms with van der Waals surface area (Å²) in [5, 5.41) is 12.0. The van der Waals surface area contributed by atoms with Gasteiger partial charge in [0.1, 0.15) is 0 Å². The van der Waals surface area contributed by atoms with Crippen LogP contribution in [0, 0.1) is 0 Å². The summed E-state index contributed by atoms with van der Waals surface area (Å²) in [7, 11) is 0. The van der Waals surface area contributed by atoms with Gasteiger partial charge in [-0.25, -0.2) is 0 Å². The molecule has 6 heteroatoms. The molecule has 1 aromatic rings. The van der Waals surface area contributed by atoms with E-state index in [9.17, 15) is 0 Å². The average molecular weight is 226 g/mol. The van der Waals surface area contributed by atoms with Crippen LogP contribution in [0.5, 0.6) is 0 Å². The van der Waals surface area contributed by atoms with Crippen LogP contribution in [0.25, 0.3) is 0 Å². The minimum absolute atomic E-state index is 0.0390. The van der Waals surface area contributed by atoms with Gasteiger partial charge in [-0.3, -0.25) is 0 Å². The van der Waals surface area contributed by atoms with E-state index < -0.39 is 0 Å². The molecule has 16 heavy (non-hydrogen) atoms. The van der Waals surface area contributed by atoms with Crippen molar-refractivity contribution in [3.05, 3.63) is 5.82 Å². The summed E-state index contributed by atoms with van der Waals surface area (Å²) < 4.78 is 11.0. The van der Waals surface area contributed by atoms with Crippen LogP contribution in [-0.4, -0.2) is 39.7 Å². The monoisotopic (exact) mass is 226 g/mol. The van der Waals surface area contributed by atoms with Crippen LogP contribution in [0.1, 0.15) is 32.0 Å². The molecule has 0 spiro atoms. The van der Waals surface area contributed by atoms with Crippen LogP contribution in [0.3, 0.4) is 0 Å². The summed E-state index contributed by atoms with van der Waals surface area (Å²) >= 11 is 0. The molecule has 1 unspecified atom stereocenters. The third kappa shape index (κ3) is 3.24. The molecule has 0 radical (unpaired) electrons. The first-order valence-electron chi connectivity index (χ1n) is 5.88. The zero-order valence-corrected chi connectivity index (χ0v) is 9.63. The number of ether oxygens (including phenoxy) is 2. The Hall–Kier alpha value is -1.01. The molecule has 0 N–H and O–H groups in total. The molecule has 2 rings (SSSR count). The zero-order valence-electron chi connectivity index (χ0n) is 9.63. The van der Waals surface area contributed by atoms with Crippen LogP contribution < -0.4 is 0 Å². The highest BCUT2D eigenvalue weighted by Gasteiger charge is 2.13. The van der Waals surface area contributed by atoms with E-state index in [1.54, 1.807) is 4.80 Å². The van der Waals surface area contributed by atoms with E-state index >= 15 is 0 Å². The molecule has 0 bridgehead atoms. The van der Waals surface area contributed by atoms with Gasteiger partial charge in [-0.05, 0) is 24.5 Å². The van der Waals surface area contributed by atoms with Gasteiger partial charge in [-0.1, -0.05) is 6.92 Å². The van der Waals surface area contributed by atoms with Crippen molar-refractivity contribution in [3.63, 3.8) is 0 Å². The Labute approximate surface area is 94.9 Å². The molecule has 0 saturated carbocycles. The number of tetrazole rings is 1. The maximum absolute atomic E-state index is 5.58. The van der Waals surface area contributed by atoms with Crippen molar-refractivity contribution in [2.75, 3.05) is 13.2 Å². The topological polar surface area (TPSA) is 62.1 Å². The molecule has 0 amide bonds.